The molecule has 0 aliphatic carbocycles. The summed E-state index contributed by atoms with van der Waals surface area (Å²) >= 11 is 0. The molecule has 0 aromatic carbocycles. The SMILES string of the molecule is CCN(CC1CCN(C(=NC)NCCCOCCOC)CC1)C(=O)OC(C)(C)C. The lowest BCUT2D eigenvalue weighted by atomic mass is 9.96. The molecule has 1 amide bonds. The van der Waals surface area contributed by atoms with E-state index in [2.05, 4.69) is 15.2 Å². The van der Waals surface area contributed by atoms with Crippen LogP contribution in [0.5, 0.6) is 0 Å². The highest BCUT2D eigenvalue weighted by molar-refractivity contribution is 5.79. The van der Waals surface area contributed by atoms with Crippen molar-refractivity contribution in [3.8, 4) is 0 Å². The maximum atomic E-state index is 12.4. The van der Waals surface area contributed by atoms with Crippen molar-refractivity contribution < 1.29 is 19.0 Å². The number of ether oxygens (including phenoxy) is 3. The number of amides is 1. The Morgan fingerprint density at radius 1 is 1.21 bits per heavy atom. The average molecular weight is 415 g/mol. The average Bonchev–Trinajstić information content (AvgIpc) is 2.67. The molecule has 0 unspecified atom stereocenters. The number of rotatable bonds is 10. The Balaban J connectivity index is 2.33. The first-order valence-corrected chi connectivity index (χ1v) is 10.8. The molecule has 0 aromatic rings. The van der Waals surface area contributed by atoms with Crippen molar-refractivity contribution in [1.29, 1.82) is 0 Å². The van der Waals surface area contributed by atoms with Crippen LogP contribution in [0.4, 0.5) is 4.79 Å². The summed E-state index contributed by atoms with van der Waals surface area (Å²) in [5.74, 6) is 1.44. The maximum absolute atomic E-state index is 12.4. The number of likely N-dealkylation sites (tertiary alicyclic amines) is 1. The fraction of sp³-hybridized carbons (Fsp3) is 0.905. The van der Waals surface area contributed by atoms with Crippen molar-refractivity contribution in [2.45, 2.75) is 52.6 Å². The van der Waals surface area contributed by atoms with Crippen molar-refractivity contribution in [2.24, 2.45) is 10.9 Å². The number of nitrogens with one attached hydrogen (secondary N) is 1. The summed E-state index contributed by atoms with van der Waals surface area (Å²) in [7, 11) is 3.50. The third kappa shape index (κ3) is 10.7. The molecule has 1 heterocycles. The van der Waals surface area contributed by atoms with E-state index in [-0.39, 0.29) is 6.09 Å². The summed E-state index contributed by atoms with van der Waals surface area (Å²) in [6.45, 7) is 13.9. The van der Waals surface area contributed by atoms with Gasteiger partial charge in [-0.2, -0.15) is 0 Å². The molecule has 1 saturated heterocycles. The Bertz CT molecular complexity index is 486. The predicted molar refractivity (Wildman–Crippen MR) is 116 cm³/mol. The van der Waals surface area contributed by atoms with E-state index in [4.69, 9.17) is 14.2 Å². The summed E-state index contributed by atoms with van der Waals surface area (Å²) in [5, 5.41) is 3.42. The molecule has 0 saturated carbocycles. The largest absolute Gasteiger partial charge is 0.444 e. The molecule has 0 radical (unpaired) electrons. The minimum absolute atomic E-state index is 0.215. The second kappa shape index (κ2) is 13.6. The Labute approximate surface area is 176 Å². The highest BCUT2D eigenvalue weighted by Gasteiger charge is 2.27. The lowest BCUT2D eigenvalue weighted by Gasteiger charge is -2.36. The van der Waals surface area contributed by atoms with E-state index in [0.717, 1.165) is 51.4 Å². The van der Waals surface area contributed by atoms with E-state index in [9.17, 15) is 4.79 Å². The molecule has 0 spiro atoms. The fourth-order valence-corrected chi connectivity index (χ4v) is 3.25. The van der Waals surface area contributed by atoms with E-state index >= 15 is 0 Å². The van der Waals surface area contributed by atoms with E-state index < -0.39 is 5.60 Å². The van der Waals surface area contributed by atoms with Crippen LogP contribution < -0.4 is 5.32 Å². The van der Waals surface area contributed by atoms with Gasteiger partial charge in [0.2, 0.25) is 0 Å². The monoisotopic (exact) mass is 414 g/mol. The molecule has 1 N–H and O–H groups in total. The van der Waals surface area contributed by atoms with Gasteiger partial charge in [0.25, 0.3) is 0 Å². The molecule has 0 aromatic heterocycles. The van der Waals surface area contributed by atoms with Gasteiger partial charge in [0.15, 0.2) is 5.96 Å². The Morgan fingerprint density at radius 3 is 2.45 bits per heavy atom. The van der Waals surface area contributed by atoms with Gasteiger partial charge in [-0.3, -0.25) is 4.99 Å². The highest BCUT2D eigenvalue weighted by Crippen LogP contribution is 2.20. The summed E-state index contributed by atoms with van der Waals surface area (Å²) in [6.07, 6.45) is 2.80. The van der Waals surface area contributed by atoms with Crippen molar-refractivity contribution in [3.63, 3.8) is 0 Å². The summed E-state index contributed by atoms with van der Waals surface area (Å²) in [4.78, 5) is 20.9. The van der Waals surface area contributed by atoms with Crippen LogP contribution in [0, 0.1) is 5.92 Å². The van der Waals surface area contributed by atoms with Crippen LogP contribution in [0.25, 0.3) is 0 Å². The number of hydrogen-bond donors (Lipinski definition) is 1. The van der Waals surface area contributed by atoms with Gasteiger partial charge in [-0.05, 0) is 52.9 Å². The zero-order valence-corrected chi connectivity index (χ0v) is 19.3. The second-order valence-electron chi connectivity index (χ2n) is 8.38. The first-order valence-electron chi connectivity index (χ1n) is 10.8. The Hall–Kier alpha value is -1.54. The molecule has 1 rings (SSSR count). The van der Waals surface area contributed by atoms with Gasteiger partial charge in [0.05, 0.1) is 13.2 Å². The third-order valence-electron chi connectivity index (χ3n) is 4.82. The van der Waals surface area contributed by atoms with Crippen LogP contribution >= 0.6 is 0 Å². The van der Waals surface area contributed by atoms with Gasteiger partial charge >= 0.3 is 6.09 Å². The van der Waals surface area contributed by atoms with Crippen molar-refractivity contribution in [3.05, 3.63) is 0 Å². The normalized spacial score (nSPS) is 16.1. The van der Waals surface area contributed by atoms with Gasteiger partial charge in [0.1, 0.15) is 5.60 Å². The molecule has 170 valence electrons. The van der Waals surface area contributed by atoms with Gasteiger partial charge in [-0.1, -0.05) is 0 Å². The lowest BCUT2D eigenvalue weighted by Crippen LogP contribution is -2.48. The molecule has 8 nitrogen and oxygen atoms in total. The van der Waals surface area contributed by atoms with Crippen LogP contribution in [-0.2, 0) is 14.2 Å². The van der Waals surface area contributed by atoms with Crippen LogP contribution in [-0.4, -0.2) is 94.2 Å². The highest BCUT2D eigenvalue weighted by atomic mass is 16.6. The van der Waals surface area contributed by atoms with Gasteiger partial charge in [-0.15, -0.1) is 0 Å². The molecule has 0 atom stereocenters. The third-order valence-corrected chi connectivity index (χ3v) is 4.82. The smallest absolute Gasteiger partial charge is 0.410 e. The van der Waals surface area contributed by atoms with Crippen LogP contribution in [0.15, 0.2) is 4.99 Å². The minimum Gasteiger partial charge on any atom is -0.444 e. The summed E-state index contributed by atoms with van der Waals surface area (Å²) < 4.78 is 16.0. The number of piperidine rings is 1. The summed E-state index contributed by atoms with van der Waals surface area (Å²) in [5.41, 5.74) is -0.457. The number of hydrogen-bond acceptors (Lipinski definition) is 5. The van der Waals surface area contributed by atoms with E-state index in [1.165, 1.54) is 0 Å². The molecule has 8 heteroatoms. The standard InChI is InChI=1S/C21H42N4O4/c1-7-24(20(26)29-21(2,3)4)17-18-9-12-25(13-10-18)19(22-5)23-11-8-14-28-16-15-27-6/h18H,7-17H2,1-6H3,(H,22,23). The minimum atomic E-state index is -0.457. The van der Waals surface area contributed by atoms with Crippen LogP contribution in [0.1, 0.15) is 47.0 Å². The zero-order chi connectivity index (χ0) is 21.7. The molecule has 1 aliphatic rings. The lowest BCUT2D eigenvalue weighted by molar-refractivity contribution is 0.0214. The van der Waals surface area contributed by atoms with E-state index in [1.807, 2.05) is 39.6 Å². The van der Waals surface area contributed by atoms with Crippen molar-refractivity contribution in [1.82, 2.24) is 15.1 Å². The van der Waals surface area contributed by atoms with Gasteiger partial charge in [-0.25, -0.2) is 4.79 Å². The number of methoxy groups -OCH3 is 1. The molecule has 1 aliphatic heterocycles. The van der Waals surface area contributed by atoms with E-state index in [0.29, 0.717) is 32.3 Å². The number of guanidine groups is 1. The Morgan fingerprint density at radius 2 is 1.90 bits per heavy atom. The Kier molecular flexibility index (Phi) is 12.0. The molecule has 1 fully saturated rings. The molecular weight excluding hydrogens is 372 g/mol. The fourth-order valence-electron chi connectivity index (χ4n) is 3.25. The van der Waals surface area contributed by atoms with Crippen LogP contribution in [0.2, 0.25) is 0 Å². The van der Waals surface area contributed by atoms with Gasteiger partial charge < -0.3 is 29.3 Å². The topological polar surface area (TPSA) is 75.6 Å². The zero-order valence-electron chi connectivity index (χ0n) is 19.3. The molecule has 0 bridgehead atoms. The summed E-state index contributed by atoms with van der Waals surface area (Å²) in [6, 6.07) is 0. The predicted octanol–water partition coefficient (Wildman–Crippen LogP) is 2.58. The molecule has 29 heavy (non-hydrogen) atoms. The van der Waals surface area contributed by atoms with Gasteiger partial charge in [0, 0.05) is 53.5 Å². The molecular formula is C21H42N4O4. The number of carbonyl (C=O) groups excluding carboxylic acids is 1. The maximum Gasteiger partial charge on any atom is 0.410 e. The van der Waals surface area contributed by atoms with Crippen LogP contribution in [0.3, 0.4) is 0 Å². The van der Waals surface area contributed by atoms with Crippen molar-refractivity contribution >= 4 is 12.1 Å². The first kappa shape index (κ1) is 25.5. The van der Waals surface area contributed by atoms with Crippen molar-refractivity contribution in [2.75, 3.05) is 66.7 Å². The second-order valence-corrected chi connectivity index (χ2v) is 8.38. The first-order chi connectivity index (χ1) is 13.8. The number of aliphatic imine (C=N–C) groups is 1. The quantitative estimate of drug-likeness (QED) is 0.336. The number of nitrogens with zero attached hydrogens (tertiary/aromatic N) is 3. The number of carbonyl (C=O) groups is 1. The van der Waals surface area contributed by atoms with E-state index in [1.54, 1.807) is 7.11 Å².